The summed E-state index contributed by atoms with van der Waals surface area (Å²) >= 11 is 3.16. The van der Waals surface area contributed by atoms with Gasteiger partial charge in [-0.25, -0.2) is 27.0 Å². The number of ether oxygens (including phenoxy) is 2. The number of benzene rings is 2. The third-order valence-electron chi connectivity index (χ3n) is 6.31. The molecule has 1 aliphatic heterocycles. The van der Waals surface area contributed by atoms with Gasteiger partial charge in [0.15, 0.2) is 17.4 Å². The molecule has 1 fully saturated rings. The van der Waals surface area contributed by atoms with Gasteiger partial charge in [0.25, 0.3) is 10.0 Å². The van der Waals surface area contributed by atoms with E-state index in [1.165, 1.54) is 10.9 Å². The Morgan fingerprint density at radius 2 is 1.84 bits per heavy atom. The molecule has 14 heteroatoms. The van der Waals surface area contributed by atoms with Gasteiger partial charge in [-0.15, -0.1) is 15.6 Å². The van der Waals surface area contributed by atoms with Crippen molar-refractivity contribution in [1.82, 2.24) is 14.9 Å². The van der Waals surface area contributed by atoms with E-state index < -0.39 is 44.0 Å². The summed E-state index contributed by atoms with van der Waals surface area (Å²) in [6.45, 7) is 7.35. The van der Waals surface area contributed by atoms with Gasteiger partial charge < -0.3 is 9.47 Å². The lowest BCUT2D eigenvalue weighted by Gasteiger charge is -2.30. The van der Waals surface area contributed by atoms with Crippen molar-refractivity contribution in [2.24, 2.45) is 0 Å². The predicted octanol–water partition coefficient (Wildman–Crippen LogP) is 7.22. The molecule has 5 rings (SSSR count). The summed E-state index contributed by atoms with van der Waals surface area (Å²) in [4.78, 5) is 22.4. The van der Waals surface area contributed by atoms with Crippen molar-refractivity contribution in [3.05, 3.63) is 80.5 Å². The van der Waals surface area contributed by atoms with Crippen LogP contribution in [0.4, 0.5) is 19.4 Å². The number of nitrogens with zero attached hydrogens (tertiary/aromatic N) is 4. The van der Waals surface area contributed by atoms with E-state index in [1.807, 2.05) is 12.1 Å². The smallest absolute Gasteiger partial charge is 0.430 e. The van der Waals surface area contributed by atoms with Gasteiger partial charge in [-0.05, 0) is 98.8 Å². The maximum atomic E-state index is 15.5. The first-order chi connectivity index (χ1) is 20.3. The summed E-state index contributed by atoms with van der Waals surface area (Å²) in [5.74, 6) is -3.10. The minimum Gasteiger partial charge on any atom is -0.454 e. The molecule has 0 saturated carbocycles. The van der Waals surface area contributed by atoms with Crippen LogP contribution in [-0.4, -0.2) is 48.1 Å². The molecule has 4 aromatic rings. The van der Waals surface area contributed by atoms with E-state index in [9.17, 15) is 13.2 Å². The van der Waals surface area contributed by atoms with Crippen LogP contribution in [-0.2, 0) is 21.3 Å². The van der Waals surface area contributed by atoms with Crippen LogP contribution in [0.15, 0.2) is 64.4 Å². The number of hydrogen-bond acceptors (Lipinski definition) is 9. The normalized spacial score (nSPS) is 13.8. The van der Waals surface area contributed by atoms with E-state index >= 15 is 8.78 Å². The fourth-order valence-corrected chi connectivity index (χ4v) is 6.66. The molecule has 226 valence electrons. The van der Waals surface area contributed by atoms with Crippen LogP contribution in [0.25, 0.3) is 11.1 Å². The van der Waals surface area contributed by atoms with Gasteiger partial charge in [0.2, 0.25) is 0 Å². The van der Waals surface area contributed by atoms with Gasteiger partial charge >= 0.3 is 6.09 Å². The maximum absolute atomic E-state index is 15.5. The van der Waals surface area contributed by atoms with Crippen molar-refractivity contribution in [3.63, 3.8) is 0 Å². The second-order valence-corrected chi connectivity index (χ2v) is 14.4. The van der Waals surface area contributed by atoms with Gasteiger partial charge in [-0.2, -0.15) is 0 Å². The van der Waals surface area contributed by atoms with E-state index in [1.54, 1.807) is 45.2 Å². The van der Waals surface area contributed by atoms with Crippen molar-refractivity contribution >= 4 is 55.9 Å². The molecule has 43 heavy (non-hydrogen) atoms. The second kappa shape index (κ2) is 12.4. The van der Waals surface area contributed by atoms with E-state index in [0.29, 0.717) is 24.2 Å². The van der Waals surface area contributed by atoms with Crippen LogP contribution in [0, 0.1) is 15.2 Å². The first-order valence-electron chi connectivity index (χ1n) is 13.1. The molecule has 1 amide bonds. The predicted molar refractivity (Wildman–Crippen MR) is 167 cm³/mol. The standard InChI is InChI=1S/C29H27F2IN4O5S2/c1-29(2,3)41-28(37)36(27-16-42-17-34-27)43(38,39)26-14-22(30)25(13-23(26)31)40-24-6-5-19(32)12-21(24)18-7-8-33-20(11-18)15-35-9-4-10-35/h5-8,11-14,16-17H,4,9-10,15H2,1-3H3. The Balaban J connectivity index is 1.48. The van der Waals surface area contributed by atoms with Crippen molar-refractivity contribution in [2.75, 3.05) is 17.4 Å². The first kappa shape index (κ1) is 31.2. The molecule has 0 unspecified atom stereocenters. The summed E-state index contributed by atoms with van der Waals surface area (Å²) in [5, 5.41) is 1.28. The summed E-state index contributed by atoms with van der Waals surface area (Å²) < 4.78 is 70.2. The second-order valence-electron chi connectivity index (χ2n) is 10.7. The number of sulfonamides is 1. The van der Waals surface area contributed by atoms with Gasteiger partial charge in [0.05, 0.1) is 11.2 Å². The lowest BCUT2D eigenvalue weighted by molar-refractivity contribution is 0.0608. The number of likely N-dealkylation sites (tertiary alicyclic amines) is 1. The largest absolute Gasteiger partial charge is 0.454 e. The number of hydrogen-bond donors (Lipinski definition) is 0. The van der Waals surface area contributed by atoms with Crippen molar-refractivity contribution in [2.45, 2.75) is 44.2 Å². The number of rotatable bonds is 8. The zero-order chi connectivity index (χ0) is 30.9. The Bertz CT molecular complexity index is 1760. The van der Waals surface area contributed by atoms with Gasteiger partial charge in [-0.1, -0.05) is 0 Å². The number of amides is 1. The van der Waals surface area contributed by atoms with Crippen molar-refractivity contribution < 1.29 is 31.5 Å². The van der Waals surface area contributed by atoms with Gasteiger partial charge in [-0.3, -0.25) is 9.88 Å². The minimum absolute atomic E-state index is 0.214. The molecule has 2 aromatic carbocycles. The molecule has 1 saturated heterocycles. The van der Waals surface area contributed by atoms with Crippen molar-refractivity contribution in [1.29, 1.82) is 0 Å². The summed E-state index contributed by atoms with van der Waals surface area (Å²) in [5.41, 5.74) is 2.48. The molecule has 0 spiro atoms. The average Bonchev–Trinajstić information content (AvgIpc) is 3.42. The van der Waals surface area contributed by atoms with E-state index in [4.69, 9.17) is 9.47 Å². The number of thiazole rings is 1. The minimum atomic E-state index is -4.99. The first-order valence-corrected chi connectivity index (χ1v) is 16.6. The number of carbonyl (C=O) groups is 1. The van der Waals surface area contributed by atoms with Crippen LogP contribution in [0.2, 0.25) is 0 Å². The highest BCUT2D eigenvalue weighted by molar-refractivity contribution is 14.1. The molecule has 1 aliphatic rings. The molecule has 0 aliphatic carbocycles. The summed E-state index contributed by atoms with van der Waals surface area (Å²) in [6, 6.07) is 10.1. The van der Waals surface area contributed by atoms with Crippen LogP contribution in [0.3, 0.4) is 0 Å². The highest BCUT2D eigenvalue weighted by atomic mass is 127. The number of halogens is 3. The van der Waals surface area contributed by atoms with E-state index in [2.05, 4.69) is 37.5 Å². The van der Waals surface area contributed by atoms with Crippen LogP contribution in [0.1, 0.15) is 32.9 Å². The fraction of sp³-hybridized carbons (Fsp3) is 0.276. The number of anilines is 1. The number of pyridine rings is 1. The zero-order valence-corrected chi connectivity index (χ0v) is 27.2. The molecule has 2 aromatic heterocycles. The quantitative estimate of drug-likeness (QED) is 0.175. The summed E-state index contributed by atoms with van der Waals surface area (Å²) in [6.07, 6.45) is 1.53. The van der Waals surface area contributed by atoms with Gasteiger partial charge in [0, 0.05) is 39.4 Å². The van der Waals surface area contributed by atoms with Crippen LogP contribution in [0.5, 0.6) is 11.5 Å². The molecular formula is C29H27F2IN4O5S2. The highest BCUT2D eigenvalue weighted by Crippen LogP contribution is 2.38. The number of aromatic nitrogens is 2. The van der Waals surface area contributed by atoms with Crippen LogP contribution >= 0.6 is 33.9 Å². The average molecular weight is 741 g/mol. The maximum Gasteiger partial charge on any atom is 0.430 e. The Morgan fingerprint density at radius 3 is 2.49 bits per heavy atom. The van der Waals surface area contributed by atoms with Gasteiger partial charge in [0.1, 0.15) is 22.1 Å². The Labute approximate surface area is 265 Å². The molecule has 3 heterocycles. The molecule has 0 atom stereocenters. The third-order valence-corrected chi connectivity index (χ3v) is 9.25. The monoisotopic (exact) mass is 740 g/mol. The summed E-state index contributed by atoms with van der Waals surface area (Å²) in [7, 11) is -4.99. The SMILES string of the molecule is CC(C)(C)OC(=O)N(c1cscn1)S(=O)(=O)c1cc(F)c(Oc2ccc(I)cc2-c2ccnc(CN3CCC3)c2)cc1F. The Hall–Kier alpha value is -3.21. The molecule has 0 radical (unpaired) electrons. The fourth-order valence-electron chi connectivity index (χ4n) is 4.25. The Kier molecular flexibility index (Phi) is 9.02. The van der Waals surface area contributed by atoms with E-state index in [-0.39, 0.29) is 15.9 Å². The highest BCUT2D eigenvalue weighted by Gasteiger charge is 2.38. The van der Waals surface area contributed by atoms with Crippen molar-refractivity contribution in [3.8, 4) is 22.6 Å². The lowest BCUT2D eigenvalue weighted by atomic mass is 10.0. The molecule has 9 nitrogen and oxygen atoms in total. The number of carbonyl (C=O) groups excluding carboxylic acids is 1. The van der Waals surface area contributed by atoms with E-state index in [0.717, 1.165) is 45.7 Å². The lowest BCUT2D eigenvalue weighted by Crippen LogP contribution is -2.41. The Morgan fingerprint density at radius 1 is 1.07 bits per heavy atom. The molecular weight excluding hydrogens is 713 g/mol. The third kappa shape index (κ3) is 7.13. The molecule has 0 N–H and O–H groups in total. The zero-order valence-electron chi connectivity index (χ0n) is 23.4. The molecule has 0 bridgehead atoms. The topological polar surface area (TPSA) is 102 Å². The van der Waals surface area contributed by atoms with Crippen LogP contribution < -0.4 is 9.04 Å².